The van der Waals surface area contributed by atoms with Crippen LogP contribution in [0.5, 0.6) is 0 Å². The minimum atomic E-state index is -0.533. The second-order valence-electron chi connectivity index (χ2n) is 4.87. The molecule has 1 saturated heterocycles. The minimum absolute atomic E-state index is 0.127. The third-order valence-corrected chi connectivity index (χ3v) is 4.20. The van der Waals surface area contributed by atoms with E-state index < -0.39 is 5.91 Å². The first-order valence-corrected chi connectivity index (χ1v) is 7.41. The van der Waals surface area contributed by atoms with E-state index in [1.807, 2.05) is 13.8 Å². The Kier molecular flexibility index (Phi) is 4.74. The van der Waals surface area contributed by atoms with Gasteiger partial charge in [-0.15, -0.1) is 11.3 Å². The Balaban J connectivity index is 2.00. The summed E-state index contributed by atoms with van der Waals surface area (Å²) in [5.41, 5.74) is 5.61. The fourth-order valence-corrected chi connectivity index (χ4v) is 2.97. The van der Waals surface area contributed by atoms with Crippen LogP contribution in [-0.4, -0.2) is 48.6 Å². The third-order valence-electron chi connectivity index (χ3n) is 3.37. The summed E-state index contributed by atoms with van der Waals surface area (Å²) in [7, 11) is 0. The van der Waals surface area contributed by atoms with E-state index in [0.717, 1.165) is 13.1 Å². The molecule has 110 valence electrons. The lowest BCUT2D eigenvalue weighted by Gasteiger charge is -2.34. The largest absolute Gasteiger partial charge is 0.376 e. The fraction of sp³-hybridized carbons (Fsp3) is 0.538. The maximum Gasteiger partial charge on any atom is 0.251 e. The molecule has 2 rings (SSSR count). The second-order valence-corrected chi connectivity index (χ2v) is 5.79. The Bertz CT molecular complexity index is 503. The van der Waals surface area contributed by atoms with Gasteiger partial charge in [-0.05, 0) is 25.3 Å². The highest BCUT2D eigenvalue weighted by Crippen LogP contribution is 2.23. The molecule has 0 saturated carbocycles. The summed E-state index contributed by atoms with van der Waals surface area (Å²) >= 11 is 1.29. The van der Waals surface area contributed by atoms with E-state index >= 15 is 0 Å². The van der Waals surface area contributed by atoms with Gasteiger partial charge in [0.25, 0.3) is 5.91 Å². The standard InChI is InChI=1S/C13H19N3O3S/c1-8-7-16(4-5-19-8)9(2)12(18)15-13-10(11(14)17)3-6-20-13/h3,6,8-9H,4-5,7H2,1-2H3,(H2,14,17)(H,15,18)/t8-,9-/m0/s1. The summed E-state index contributed by atoms with van der Waals surface area (Å²) in [5.74, 6) is -0.668. The van der Waals surface area contributed by atoms with Crippen LogP contribution in [0.4, 0.5) is 5.00 Å². The quantitative estimate of drug-likeness (QED) is 0.864. The summed E-state index contributed by atoms with van der Waals surface area (Å²) in [6.45, 7) is 5.92. The van der Waals surface area contributed by atoms with Crippen LogP contribution < -0.4 is 11.1 Å². The number of carbonyl (C=O) groups is 2. The number of hydrogen-bond acceptors (Lipinski definition) is 5. The van der Waals surface area contributed by atoms with Crippen LogP contribution in [-0.2, 0) is 9.53 Å². The number of ether oxygens (including phenoxy) is 1. The summed E-state index contributed by atoms with van der Waals surface area (Å²) in [6.07, 6.45) is 0.127. The molecule has 1 aliphatic rings. The number of rotatable bonds is 4. The Labute approximate surface area is 121 Å². The van der Waals surface area contributed by atoms with Gasteiger partial charge >= 0.3 is 0 Å². The Morgan fingerprint density at radius 3 is 3.00 bits per heavy atom. The first-order valence-electron chi connectivity index (χ1n) is 6.53. The number of nitrogens with two attached hydrogens (primary N) is 1. The van der Waals surface area contributed by atoms with E-state index in [0.29, 0.717) is 17.2 Å². The van der Waals surface area contributed by atoms with E-state index in [1.54, 1.807) is 11.4 Å². The molecule has 0 aliphatic carbocycles. The Morgan fingerprint density at radius 2 is 2.35 bits per heavy atom. The Morgan fingerprint density at radius 1 is 1.60 bits per heavy atom. The van der Waals surface area contributed by atoms with E-state index in [1.165, 1.54) is 11.3 Å². The van der Waals surface area contributed by atoms with Gasteiger partial charge in [0, 0.05) is 13.1 Å². The normalized spacial score (nSPS) is 21.4. The molecule has 2 amide bonds. The van der Waals surface area contributed by atoms with Crippen molar-refractivity contribution in [2.75, 3.05) is 25.0 Å². The second kappa shape index (κ2) is 6.34. The van der Waals surface area contributed by atoms with Gasteiger partial charge in [0.05, 0.1) is 24.3 Å². The average molecular weight is 297 g/mol. The lowest BCUT2D eigenvalue weighted by molar-refractivity contribution is -0.123. The number of nitrogens with one attached hydrogen (secondary N) is 1. The molecule has 1 fully saturated rings. The Hall–Kier alpha value is -1.44. The maximum absolute atomic E-state index is 12.3. The number of anilines is 1. The highest BCUT2D eigenvalue weighted by Gasteiger charge is 2.26. The van der Waals surface area contributed by atoms with E-state index in [9.17, 15) is 9.59 Å². The van der Waals surface area contributed by atoms with Crippen LogP contribution in [0.1, 0.15) is 24.2 Å². The molecule has 0 aromatic carbocycles. The van der Waals surface area contributed by atoms with Crippen molar-refractivity contribution in [2.24, 2.45) is 5.73 Å². The van der Waals surface area contributed by atoms with Gasteiger partial charge in [-0.1, -0.05) is 0 Å². The van der Waals surface area contributed by atoms with Gasteiger partial charge in [-0.2, -0.15) is 0 Å². The molecular formula is C13H19N3O3S. The van der Waals surface area contributed by atoms with Crippen molar-refractivity contribution in [1.29, 1.82) is 0 Å². The number of morpholine rings is 1. The zero-order valence-corrected chi connectivity index (χ0v) is 12.4. The summed E-state index contributed by atoms with van der Waals surface area (Å²) in [4.78, 5) is 25.6. The van der Waals surface area contributed by atoms with Crippen molar-refractivity contribution in [3.63, 3.8) is 0 Å². The molecule has 2 heterocycles. The van der Waals surface area contributed by atoms with Gasteiger partial charge in [-0.25, -0.2) is 0 Å². The monoisotopic (exact) mass is 297 g/mol. The number of primary amides is 1. The molecule has 2 atom stereocenters. The predicted octanol–water partition coefficient (Wildman–Crippen LogP) is 0.895. The van der Waals surface area contributed by atoms with Gasteiger partial charge in [0.15, 0.2) is 0 Å². The molecule has 1 aromatic heterocycles. The fourth-order valence-electron chi connectivity index (χ4n) is 2.18. The first kappa shape index (κ1) is 15.0. The number of nitrogens with zero attached hydrogens (tertiary/aromatic N) is 1. The number of thiophene rings is 1. The molecule has 20 heavy (non-hydrogen) atoms. The van der Waals surface area contributed by atoms with Gasteiger partial charge < -0.3 is 15.8 Å². The van der Waals surface area contributed by atoms with Gasteiger partial charge in [0.2, 0.25) is 5.91 Å². The van der Waals surface area contributed by atoms with Crippen LogP contribution in [0.3, 0.4) is 0 Å². The maximum atomic E-state index is 12.3. The number of amides is 2. The molecular weight excluding hydrogens is 278 g/mol. The topological polar surface area (TPSA) is 84.7 Å². The molecule has 1 aliphatic heterocycles. The zero-order chi connectivity index (χ0) is 14.7. The van der Waals surface area contributed by atoms with Crippen molar-refractivity contribution < 1.29 is 14.3 Å². The van der Waals surface area contributed by atoms with Crippen molar-refractivity contribution in [3.8, 4) is 0 Å². The molecule has 0 bridgehead atoms. The zero-order valence-electron chi connectivity index (χ0n) is 11.6. The van der Waals surface area contributed by atoms with Crippen LogP contribution in [0.25, 0.3) is 0 Å². The molecule has 1 aromatic rings. The molecule has 0 unspecified atom stereocenters. The summed E-state index contributed by atoms with van der Waals surface area (Å²) in [6, 6.07) is 1.34. The smallest absolute Gasteiger partial charge is 0.251 e. The van der Waals surface area contributed by atoms with E-state index in [2.05, 4.69) is 10.2 Å². The van der Waals surface area contributed by atoms with Crippen LogP contribution in [0.15, 0.2) is 11.4 Å². The van der Waals surface area contributed by atoms with Crippen molar-refractivity contribution in [3.05, 3.63) is 17.0 Å². The van der Waals surface area contributed by atoms with Crippen LogP contribution in [0.2, 0.25) is 0 Å². The predicted molar refractivity (Wildman–Crippen MR) is 77.9 cm³/mol. The average Bonchev–Trinajstić information content (AvgIpc) is 2.86. The van der Waals surface area contributed by atoms with E-state index in [-0.39, 0.29) is 18.1 Å². The molecule has 0 spiro atoms. The van der Waals surface area contributed by atoms with Gasteiger partial charge in [-0.3, -0.25) is 14.5 Å². The molecule has 3 N–H and O–H groups in total. The van der Waals surface area contributed by atoms with Crippen LogP contribution >= 0.6 is 11.3 Å². The third kappa shape index (κ3) is 3.36. The lowest BCUT2D eigenvalue weighted by Crippen LogP contribution is -2.50. The van der Waals surface area contributed by atoms with Crippen LogP contribution in [0, 0.1) is 0 Å². The first-order chi connectivity index (χ1) is 9.49. The summed E-state index contributed by atoms with van der Waals surface area (Å²) in [5, 5.41) is 5.02. The van der Waals surface area contributed by atoms with E-state index in [4.69, 9.17) is 10.5 Å². The van der Waals surface area contributed by atoms with Crippen molar-refractivity contribution in [2.45, 2.75) is 26.0 Å². The number of carbonyl (C=O) groups excluding carboxylic acids is 2. The lowest BCUT2D eigenvalue weighted by atomic mass is 10.2. The van der Waals surface area contributed by atoms with Crippen molar-refractivity contribution >= 4 is 28.2 Å². The SMILES string of the molecule is C[C@H]1CN([C@@H](C)C(=O)Nc2sccc2C(N)=O)CCO1. The minimum Gasteiger partial charge on any atom is -0.376 e. The molecule has 6 nitrogen and oxygen atoms in total. The van der Waals surface area contributed by atoms with Crippen molar-refractivity contribution in [1.82, 2.24) is 4.90 Å². The molecule has 7 heteroatoms. The number of hydrogen-bond donors (Lipinski definition) is 2. The highest BCUT2D eigenvalue weighted by atomic mass is 32.1. The summed E-state index contributed by atoms with van der Waals surface area (Å²) < 4.78 is 5.46. The van der Waals surface area contributed by atoms with Gasteiger partial charge in [0.1, 0.15) is 5.00 Å². The molecule has 0 radical (unpaired) electrons. The highest BCUT2D eigenvalue weighted by molar-refractivity contribution is 7.14.